The maximum Gasteiger partial charge on any atom is 0.155 e. The quantitative estimate of drug-likeness (QED) is 0.412. The van der Waals surface area contributed by atoms with Gasteiger partial charge >= 0.3 is 0 Å². The minimum absolute atomic E-state index is 0. The van der Waals surface area contributed by atoms with Crippen LogP contribution in [0.5, 0.6) is 0 Å². The highest BCUT2D eigenvalue weighted by Gasteiger charge is 2.30. The molecule has 4 heterocycles. The van der Waals surface area contributed by atoms with E-state index in [1.54, 1.807) is 24.5 Å². The SMILES string of the molecule is Cc1n[nH]c(C)c1C(c1ccncc1)N1CCN(c2nccnc2-c2ccc(F)cc2)CC1.Cl.Cl. The van der Waals surface area contributed by atoms with Crippen molar-refractivity contribution < 1.29 is 4.39 Å². The molecular formula is C25H28Cl2FN7. The maximum atomic E-state index is 13.4. The molecule has 4 aromatic rings. The second-order valence-electron chi connectivity index (χ2n) is 8.29. The van der Waals surface area contributed by atoms with E-state index in [9.17, 15) is 4.39 Å². The van der Waals surface area contributed by atoms with E-state index in [0.29, 0.717) is 0 Å². The third kappa shape index (κ3) is 5.45. The van der Waals surface area contributed by atoms with Crippen molar-refractivity contribution in [2.45, 2.75) is 19.9 Å². The molecule has 184 valence electrons. The Kier molecular flexibility index (Phi) is 8.77. The molecule has 1 atom stereocenters. The Morgan fingerprint density at radius 3 is 2.14 bits per heavy atom. The number of nitrogens with zero attached hydrogens (tertiary/aromatic N) is 6. The van der Waals surface area contributed by atoms with Crippen molar-refractivity contribution in [3.63, 3.8) is 0 Å². The normalized spacial score (nSPS) is 14.7. The summed E-state index contributed by atoms with van der Waals surface area (Å²) in [7, 11) is 0. The number of hydrogen-bond acceptors (Lipinski definition) is 6. The molecule has 1 saturated heterocycles. The lowest BCUT2D eigenvalue weighted by Gasteiger charge is -2.40. The molecule has 35 heavy (non-hydrogen) atoms. The summed E-state index contributed by atoms with van der Waals surface area (Å²) in [5.41, 5.74) is 6.17. The van der Waals surface area contributed by atoms with E-state index in [1.807, 2.05) is 12.4 Å². The molecule has 5 rings (SSSR count). The first-order chi connectivity index (χ1) is 16.1. The van der Waals surface area contributed by atoms with Crippen molar-refractivity contribution in [3.05, 3.63) is 89.5 Å². The lowest BCUT2D eigenvalue weighted by molar-refractivity contribution is 0.211. The van der Waals surface area contributed by atoms with Gasteiger partial charge in [-0.1, -0.05) is 0 Å². The number of rotatable bonds is 5. The van der Waals surface area contributed by atoms with Gasteiger partial charge in [0.2, 0.25) is 0 Å². The summed E-state index contributed by atoms with van der Waals surface area (Å²) >= 11 is 0. The molecule has 0 bridgehead atoms. The van der Waals surface area contributed by atoms with E-state index >= 15 is 0 Å². The summed E-state index contributed by atoms with van der Waals surface area (Å²) in [5, 5.41) is 7.59. The van der Waals surface area contributed by atoms with Crippen molar-refractivity contribution in [2.75, 3.05) is 31.1 Å². The highest BCUT2D eigenvalue weighted by molar-refractivity contribution is 5.85. The van der Waals surface area contributed by atoms with Gasteiger partial charge in [-0.25, -0.2) is 9.37 Å². The molecule has 3 aromatic heterocycles. The molecule has 1 N–H and O–H groups in total. The number of piperazine rings is 1. The van der Waals surface area contributed by atoms with Gasteiger partial charge in [-0.15, -0.1) is 24.8 Å². The summed E-state index contributed by atoms with van der Waals surface area (Å²) in [4.78, 5) is 18.2. The molecule has 0 aliphatic carbocycles. The Labute approximate surface area is 216 Å². The van der Waals surface area contributed by atoms with Crippen LogP contribution in [0.25, 0.3) is 11.3 Å². The zero-order valence-corrected chi connectivity index (χ0v) is 21.2. The Morgan fingerprint density at radius 2 is 1.51 bits per heavy atom. The van der Waals surface area contributed by atoms with Crippen molar-refractivity contribution >= 4 is 30.6 Å². The number of pyridine rings is 1. The molecular weight excluding hydrogens is 488 g/mol. The van der Waals surface area contributed by atoms with Gasteiger partial charge in [0, 0.05) is 67.8 Å². The fourth-order valence-corrected chi connectivity index (χ4v) is 4.63. The molecule has 0 saturated carbocycles. The van der Waals surface area contributed by atoms with Crippen LogP contribution >= 0.6 is 24.8 Å². The van der Waals surface area contributed by atoms with Crippen LogP contribution in [0.1, 0.15) is 28.6 Å². The molecule has 1 unspecified atom stereocenters. The lowest BCUT2D eigenvalue weighted by Crippen LogP contribution is -2.48. The largest absolute Gasteiger partial charge is 0.352 e. The molecule has 1 aromatic carbocycles. The predicted molar refractivity (Wildman–Crippen MR) is 140 cm³/mol. The molecule has 0 spiro atoms. The Bertz CT molecular complexity index is 1210. The van der Waals surface area contributed by atoms with E-state index in [2.05, 4.69) is 60.9 Å². The standard InChI is InChI=1S/C25H26FN7.2ClH/c1-17-22(18(2)31-30-17)24(20-7-9-27-10-8-20)32-13-15-33(16-14-32)25-23(28-11-12-29-25)19-3-5-21(26)6-4-19;;/h3-12,24H,13-16H2,1-2H3,(H,30,31);2*1H. The fraction of sp³-hybridized carbons (Fsp3) is 0.280. The van der Waals surface area contributed by atoms with Crippen LogP contribution in [-0.2, 0) is 0 Å². The van der Waals surface area contributed by atoms with Gasteiger partial charge in [0.05, 0.1) is 11.7 Å². The van der Waals surface area contributed by atoms with E-state index < -0.39 is 0 Å². The number of H-pyrrole nitrogens is 1. The van der Waals surface area contributed by atoms with Crippen LogP contribution in [0.4, 0.5) is 10.2 Å². The highest BCUT2D eigenvalue weighted by atomic mass is 35.5. The Morgan fingerprint density at radius 1 is 0.857 bits per heavy atom. The van der Waals surface area contributed by atoms with Crippen molar-refractivity contribution in [2.24, 2.45) is 0 Å². The predicted octanol–water partition coefficient (Wildman–Crippen LogP) is 4.77. The average molecular weight is 516 g/mol. The van der Waals surface area contributed by atoms with E-state index in [1.165, 1.54) is 23.3 Å². The second kappa shape index (κ2) is 11.6. The van der Waals surface area contributed by atoms with Crippen molar-refractivity contribution in [1.82, 2.24) is 30.0 Å². The van der Waals surface area contributed by atoms with Gasteiger partial charge in [-0.3, -0.25) is 20.0 Å². The van der Waals surface area contributed by atoms with Crippen molar-refractivity contribution in [3.8, 4) is 11.3 Å². The lowest BCUT2D eigenvalue weighted by atomic mass is 9.95. The van der Waals surface area contributed by atoms with Crippen LogP contribution in [0.2, 0.25) is 0 Å². The van der Waals surface area contributed by atoms with Crippen LogP contribution < -0.4 is 4.90 Å². The molecule has 10 heteroatoms. The first-order valence-corrected chi connectivity index (χ1v) is 11.1. The second-order valence-corrected chi connectivity index (χ2v) is 8.29. The first-order valence-electron chi connectivity index (χ1n) is 11.1. The fourth-order valence-electron chi connectivity index (χ4n) is 4.63. The van der Waals surface area contributed by atoms with Gasteiger partial charge in [-0.2, -0.15) is 5.10 Å². The number of aryl methyl sites for hydroxylation is 2. The molecule has 1 fully saturated rings. The number of anilines is 1. The maximum absolute atomic E-state index is 13.4. The number of aromatic nitrogens is 5. The number of aromatic amines is 1. The third-order valence-electron chi connectivity index (χ3n) is 6.26. The van der Waals surface area contributed by atoms with E-state index in [0.717, 1.165) is 54.6 Å². The van der Waals surface area contributed by atoms with Gasteiger partial charge in [0.15, 0.2) is 5.82 Å². The Hall–Kier alpha value is -3.07. The van der Waals surface area contributed by atoms with E-state index in [-0.39, 0.29) is 36.7 Å². The van der Waals surface area contributed by atoms with Gasteiger partial charge in [0.25, 0.3) is 0 Å². The Balaban J connectivity index is 0.00000171. The zero-order valence-electron chi connectivity index (χ0n) is 19.6. The number of benzene rings is 1. The monoisotopic (exact) mass is 515 g/mol. The minimum atomic E-state index is -0.259. The molecule has 1 aliphatic rings. The third-order valence-corrected chi connectivity index (χ3v) is 6.26. The minimum Gasteiger partial charge on any atom is -0.352 e. The highest BCUT2D eigenvalue weighted by Crippen LogP contribution is 2.34. The van der Waals surface area contributed by atoms with Crippen LogP contribution in [0, 0.1) is 19.7 Å². The number of nitrogens with one attached hydrogen (secondary N) is 1. The van der Waals surface area contributed by atoms with Crippen LogP contribution in [0.15, 0.2) is 61.2 Å². The average Bonchev–Trinajstić information content (AvgIpc) is 3.19. The molecule has 0 radical (unpaired) electrons. The number of halogens is 3. The molecule has 7 nitrogen and oxygen atoms in total. The van der Waals surface area contributed by atoms with Gasteiger partial charge < -0.3 is 4.90 Å². The van der Waals surface area contributed by atoms with Crippen LogP contribution in [-0.4, -0.2) is 56.2 Å². The summed E-state index contributed by atoms with van der Waals surface area (Å²) in [6.07, 6.45) is 7.09. The summed E-state index contributed by atoms with van der Waals surface area (Å²) in [5.74, 6) is 0.574. The zero-order chi connectivity index (χ0) is 22.8. The van der Waals surface area contributed by atoms with Crippen LogP contribution in [0.3, 0.4) is 0 Å². The van der Waals surface area contributed by atoms with Gasteiger partial charge in [0.1, 0.15) is 11.5 Å². The first kappa shape index (κ1) is 26.5. The summed E-state index contributed by atoms with van der Waals surface area (Å²) in [6, 6.07) is 10.7. The van der Waals surface area contributed by atoms with Gasteiger partial charge in [-0.05, 0) is 55.8 Å². The smallest absolute Gasteiger partial charge is 0.155 e. The summed E-state index contributed by atoms with van der Waals surface area (Å²) < 4.78 is 13.4. The van der Waals surface area contributed by atoms with E-state index in [4.69, 9.17) is 0 Å². The molecule has 1 aliphatic heterocycles. The topological polar surface area (TPSA) is 73.8 Å². The van der Waals surface area contributed by atoms with Crippen molar-refractivity contribution in [1.29, 1.82) is 0 Å². The summed E-state index contributed by atoms with van der Waals surface area (Å²) in [6.45, 7) is 7.47. The molecule has 0 amide bonds. The number of hydrogen-bond donors (Lipinski definition) is 1.